The van der Waals surface area contributed by atoms with E-state index in [2.05, 4.69) is 9.82 Å². The Bertz CT molecular complexity index is 461. The van der Waals surface area contributed by atoms with E-state index < -0.39 is 10.0 Å². The molecule has 1 N–H and O–H groups in total. The molecule has 0 saturated heterocycles. The van der Waals surface area contributed by atoms with E-state index in [9.17, 15) is 8.42 Å². The molecule has 0 spiro atoms. The van der Waals surface area contributed by atoms with Gasteiger partial charge in [-0.25, -0.2) is 13.1 Å². The van der Waals surface area contributed by atoms with Gasteiger partial charge in [-0.2, -0.15) is 5.10 Å². The average Bonchev–Trinajstić information content (AvgIpc) is 2.89. The van der Waals surface area contributed by atoms with Crippen molar-refractivity contribution < 1.29 is 8.42 Å². The molecule has 96 valence electrons. The highest BCUT2D eigenvalue weighted by atomic mass is 32.2. The highest BCUT2D eigenvalue weighted by molar-refractivity contribution is 7.89. The molecular formula is C11H19N3O2S. The molecule has 0 amide bonds. The normalized spacial score (nSPS) is 17.7. The first kappa shape index (κ1) is 12.6. The Kier molecular flexibility index (Phi) is 3.83. The van der Waals surface area contributed by atoms with Crippen LogP contribution in [0.4, 0.5) is 0 Å². The van der Waals surface area contributed by atoms with Crippen LogP contribution in [-0.4, -0.2) is 24.7 Å². The molecule has 0 radical (unpaired) electrons. The Balaban J connectivity index is 1.85. The molecule has 0 bridgehead atoms. The third kappa shape index (κ3) is 3.29. The number of aryl methyl sites for hydroxylation is 1. The van der Waals surface area contributed by atoms with Gasteiger partial charge in [0.1, 0.15) is 4.90 Å². The molecule has 1 aliphatic carbocycles. The fraction of sp³-hybridized carbons (Fsp3) is 0.727. The Hall–Kier alpha value is -0.880. The van der Waals surface area contributed by atoms with Gasteiger partial charge in [-0.3, -0.25) is 4.68 Å². The maximum atomic E-state index is 11.9. The molecular weight excluding hydrogens is 238 g/mol. The predicted octanol–water partition coefficient (Wildman–Crippen LogP) is 1.28. The Morgan fingerprint density at radius 1 is 1.47 bits per heavy atom. The minimum atomic E-state index is -3.36. The van der Waals surface area contributed by atoms with Crippen LogP contribution >= 0.6 is 0 Å². The van der Waals surface area contributed by atoms with E-state index in [0.29, 0.717) is 12.5 Å². The van der Waals surface area contributed by atoms with Crippen LogP contribution in [0.2, 0.25) is 0 Å². The summed E-state index contributed by atoms with van der Waals surface area (Å²) in [5, 5.41) is 3.87. The zero-order valence-corrected chi connectivity index (χ0v) is 10.9. The maximum Gasteiger partial charge on any atom is 0.243 e. The van der Waals surface area contributed by atoms with Gasteiger partial charge in [0, 0.05) is 19.8 Å². The van der Waals surface area contributed by atoms with Crippen molar-refractivity contribution in [3.8, 4) is 0 Å². The van der Waals surface area contributed by atoms with E-state index >= 15 is 0 Å². The van der Waals surface area contributed by atoms with Crippen LogP contribution in [0.3, 0.4) is 0 Å². The summed E-state index contributed by atoms with van der Waals surface area (Å²) in [6.07, 6.45) is 8.90. The Labute approximate surface area is 102 Å². The summed E-state index contributed by atoms with van der Waals surface area (Å²) in [6, 6.07) is 0. The third-order valence-corrected chi connectivity index (χ3v) is 4.73. The van der Waals surface area contributed by atoms with Crippen molar-refractivity contribution in [2.45, 2.75) is 37.0 Å². The summed E-state index contributed by atoms with van der Waals surface area (Å²) in [5.74, 6) is 0.701. The fourth-order valence-corrected chi connectivity index (χ4v) is 3.35. The van der Waals surface area contributed by atoms with Gasteiger partial charge in [0.15, 0.2) is 0 Å². The predicted molar refractivity (Wildman–Crippen MR) is 65.0 cm³/mol. The van der Waals surface area contributed by atoms with Crippen molar-refractivity contribution in [2.24, 2.45) is 13.0 Å². The topological polar surface area (TPSA) is 64.0 Å². The molecule has 1 aromatic rings. The van der Waals surface area contributed by atoms with Crippen LogP contribution in [0, 0.1) is 5.92 Å². The van der Waals surface area contributed by atoms with Crippen molar-refractivity contribution in [2.75, 3.05) is 6.54 Å². The largest absolute Gasteiger partial charge is 0.274 e. The van der Waals surface area contributed by atoms with Gasteiger partial charge in [0.05, 0.1) is 6.20 Å². The summed E-state index contributed by atoms with van der Waals surface area (Å²) >= 11 is 0. The first-order valence-corrected chi connectivity index (χ1v) is 7.54. The molecule has 0 aliphatic heterocycles. The van der Waals surface area contributed by atoms with Gasteiger partial charge in [0.2, 0.25) is 10.0 Å². The van der Waals surface area contributed by atoms with Gasteiger partial charge >= 0.3 is 0 Å². The lowest BCUT2D eigenvalue weighted by Gasteiger charge is -2.09. The second-order valence-corrected chi connectivity index (χ2v) is 6.45. The smallest absolute Gasteiger partial charge is 0.243 e. The van der Waals surface area contributed by atoms with Crippen molar-refractivity contribution in [1.82, 2.24) is 14.5 Å². The molecule has 5 nitrogen and oxygen atoms in total. The average molecular weight is 257 g/mol. The van der Waals surface area contributed by atoms with Crippen molar-refractivity contribution in [3.05, 3.63) is 12.4 Å². The lowest BCUT2D eigenvalue weighted by atomic mass is 10.1. The van der Waals surface area contributed by atoms with E-state index in [1.807, 2.05) is 0 Å². The lowest BCUT2D eigenvalue weighted by molar-refractivity contribution is 0.495. The van der Waals surface area contributed by atoms with Crippen molar-refractivity contribution >= 4 is 10.0 Å². The van der Waals surface area contributed by atoms with Crippen LogP contribution in [-0.2, 0) is 17.1 Å². The minimum Gasteiger partial charge on any atom is -0.274 e. The SMILES string of the molecule is Cn1cc(S(=O)(=O)NCCC2CCCC2)cn1. The van der Waals surface area contributed by atoms with E-state index in [-0.39, 0.29) is 4.90 Å². The van der Waals surface area contributed by atoms with Crippen LogP contribution < -0.4 is 4.72 Å². The summed E-state index contributed by atoms with van der Waals surface area (Å²) in [5.41, 5.74) is 0. The minimum absolute atomic E-state index is 0.242. The molecule has 1 aromatic heterocycles. The summed E-state index contributed by atoms with van der Waals surface area (Å²) in [4.78, 5) is 0.242. The molecule has 17 heavy (non-hydrogen) atoms. The standard InChI is InChI=1S/C11H19N3O2S/c1-14-9-11(8-12-14)17(15,16)13-7-6-10-4-2-3-5-10/h8-10,13H,2-7H2,1H3. The number of hydrogen-bond acceptors (Lipinski definition) is 3. The molecule has 1 fully saturated rings. The first-order valence-electron chi connectivity index (χ1n) is 6.06. The number of sulfonamides is 1. The van der Waals surface area contributed by atoms with E-state index in [4.69, 9.17) is 0 Å². The van der Waals surface area contributed by atoms with Gasteiger partial charge in [-0.1, -0.05) is 25.7 Å². The second-order valence-electron chi connectivity index (χ2n) is 4.69. The Morgan fingerprint density at radius 2 is 2.18 bits per heavy atom. The quantitative estimate of drug-likeness (QED) is 0.864. The number of aromatic nitrogens is 2. The second kappa shape index (κ2) is 5.18. The molecule has 0 aromatic carbocycles. The van der Waals surface area contributed by atoms with Crippen LogP contribution in [0.1, 0.15) is 32.1 Å². The molecule has 0 atom stereocenters. The van der Waals surface area contributed by atoms with Gasteiger partial charge in [-0.05, 0) is 12.3 Å². The van der Waals surface area contributed by atoms with E-state index in [0.717, 1.165) is 6.42 Å². The van der Waals surface area contributed by atoms with Gasteiger partial charge in [0.25, 0.3) is 0 Å². The van der Waals surface area contributed by atoms with Gasteiger partial charge in [-0.15, -0.1) is 0 Å². The monoisotopic (exact) mass is 257 g/mol. The molecule has 1 aliphatic rings. The first-order chi connectivity index (χ1) is 8.08. The lowest BCUT2D eigenvalue weighted by Crippen LogP contribution is -2.25. The summed E-state index contributed by atoms with van der Waals surface area (Å²) in [7, 11) is -1.66. The summed E-state index contributed by atoms with van der Waals surface area (Å²) < 4.78 is 27.8. The van der Waals surface area contributed by atoms with Crippen molar-refractivity contribution in [1.29, 1.82) is 0 Å². The third-order valence-electron chi connectivity index (χ3n) is 3.31. The molecule has 1 heterocycles. The van der Waals surface area contributed by atoms with Crippen LogP contribution in [0.5, 0.6) is 0 Å². The van der Waals surface area contributed by atoms with Crippen LogP contribution in [0.25, 0.3) is 0 Å². The highest BCUT2D eigenvalue weighted by Crippen LogP contribution is 2.27. The zero-order chi connectivity index (χ0) is 12.3. The van der Waals surface area contributed by atoms with Crippen LogP contribution in [0.15, 0.2) is 17.3 Å². The fourth-order valence-electron chi connectivity index (χ4n) is 2.32. The molecule has 6 heteroatoms. The van der Waals surface area contributed by atoms with Crippen molar-refractivity contribution in [3.63, 3.8) is 0 Å². The maximum absolute atomic E-state index is 11.9. The van der Waals surface area contributed by atoms with E-state index in [1.54, 1.807) is 7.05 Å². The molecule has 2 rings (SSSR count). The molecule has 0 unspecified atom stereocenters. The number of hydrogen-bond donors (Lipinski definition) is 1. The number of nitrogens with zero attached hydrogens (tertiary/aromatic N) is 2. The summed E-state index contributed by atoms with van der Waals surface area (Å²) in [6.45, 7) is 0.530. The van der Waals surface area contributed by atoms with E-state index in [1.165, 1.54) is 42.8 Å². The zero-order valence-electron chi connectivity index (χ0n) is 10.1. The number of rotatable bonds is 5. The van der Waals surface area contributed by atoms with Gasteiger partial charge < -0.3 is 0 Å². The molecule has 1 saturated carbocycles. The highest BCUT2D eigenvalue weighted by Gasteiger charge is 2.18. The number of nitrogens with one attached hydrogen (secondary N) is 1. The Morgan fingerprint density at radius 3 is 2.76 bits per heavy atom.